The maximum Gasteiger partial charge on any atom is 0.259 e. The first-order valence-electron chi connectivity index (χ1n) is 11.3. The molecule has 0 aliphatic heterocycles. The van der Waals surface area contributed by atoms with Crippen LogP contribution in [0.4, 0.5) is 10.1 Å². The zero-order chi connectivity index (χ0) is 24.0. The fraction of sp³-hybridized carbons (Fsp3) is 0.0345. The third kappa shape index (κ3) is 4.82. The fourth-order valence-electron chi connectivity index (χ4n) is 4.08. The second-order valence-electron chi connectivity index (χ2n) is 7.97. The third-order valence-corrected chi connectivity index (χ3v) is 5.66. The molecule has 4 aromatic carbocycles. The molecule has 1 aromatic heterocycles. The molecule has 0 radical (unpaired) electrons. The normalized spacial score (nSPS) is 11.1. The van der Waals surface area contributed by atoms with Crippen LogP contribution in [0.5, 0.6) is 0 Å². The van der Waals surface area contributed by atoms with Gasteiger partial charge in [-0.15, -0.1) is 0 Å². The van der Waals surface area contributed by atoms with E-state index in [1.807, 2.05) is 48.5 Å². The molecular formula is C29H23FN4O. The van der Waals surface area contributed by atoms with Gasteiger partial charge in [0, 0.05) is 22.3 Å². The second kappa shape index (κ2) is 10.1. The van der Waals surface area contributed by atoms with E-state index in [9.17, 15) is 9.18 Å². The van der Waals surface area contributed by atoms with Crippen molar-refractivity contribution in [1.29, 1.82) is 0 Å². The molecule has 6 heteroatoms. The van der Waals surface area contributed by atoms with Crippen LogP contribution in [-0.2, 0) is 4.79 Å². The Morgan fingerprint density at radius 3 is 2.23 bits per heavy atom. The maximum absolute atomic E-state index is 13.1. The van der Waals surface area contributed by atoms with Crippen molar-refractivity contribution >= 4 is 28.7 Å². The summed E-state index contributed by atoms with van der Waals surface area (Å²) in [5.41, 5.74) is 8.26. The fourth-order valence-corrected chi connectivity index (χ4v) is 4.08. The van der Waals surface area contributed by atoms with Gasteiger partial charge in [-0.25, -0.2) is 9.82 Å². The monoisotopic (exact) mass is 462 g/mol. The van der Waals surface area contributed by atoms with Gasteiger partial charge in [0.15, 0.2) is 0 Å². The molecule has 172 valence electrons. The van der Waals surface area contributed by atoms with E-state index in [4.69, 9.17) is 0 Å². The predicted molar refractivity (Wildman–Crippen MR) is 139 cm³/mol. The molecule has 5 aromatic rings. The molecule has 0 unspecified atom stereocenters. The SMILES string of the molecule is O=C(CNc1ccc(F)cc1)N/N=C\c1c(-c2ccccc2)n(-c2ccccc2)c2ccccc12. The van der Waals surface area contributed by atoms with Crippen molar-refractivity contribution in [3.63, 3.8) is 0 Å². The summed E-state index contributed by atoms with van der Waals surface area (Å²) in [5.74, 6) is -0.632. The summed E-state index contributed by atoms with van der Waals surface area (Å²) in [6, 6.07) is 34.3. The lowest BCUT2D eigenvalue weighted by molar-refractivity contribution is -0.119. The lowest BCUT2D eigenvalue weighted by atomic mass is 10.1. The van der Waals surface area contributed by atoms with Crippen LogP contribution in [0.15, 0.2) is 114 Å². The molecule has 0 aliphatic rings. The lowest BCUT2D eigenvalue weighted by Gasteiger charge is -2.12. The molecule has 1 amide bonds. The average molecular weight is 463 g/mol. The van der Waals surface area contributed by atoms with Gasteiger partial charge in [0.1, 0.15) is 5.82 Å². The van der Waals surface area contributed by atoms with Gasteiger partial charge in [-0.1, -0.05) is 66.7 Å². The minimum Gasteiger partial charge on any atom is -0.376 e. The highest BCUT2D eigenvalue weighted by molar-refractivity contribution is 6.07. The smallest absolute Gasteiger partial charge is 0.259 e. The number of rotatable bonds is 7. The standard InChI is InChI=1S/C29H23FN4O/c30-22-15-17-23(18-16-22)31-20-28(35)33-32-19-26-25-13-7-8-14-27(25)34(24-11-5-2-6-12-24)29(26)21-9-3-1-4-10-21/h1-19,31H,20H2,(H,33,35)/b32-19-. The number of halogens is 1. The Morgan fingerprint density at radius 1 is 0.829 bits per heavy atom. The van der Waals surface area contributed by atoms with Crippen LogP contribution in [0, 0.1) is 5.82 Å². The summed E-state index contributed by atoms with van der Waals surface area (Å²) in [5, 5.41) is 8.26. The number of nitrogens with zero attached hydrogens (tertiary/aromatic N) is 2. The first-order chi connectivity index (χ1) is 17.2. The molecule has 0 bridgehead atoms. The van der Waals surface area contributed by atoms with Crippen LogP contribution >= 0.6 is 0 Å². The molecule has 5 rings (SSSR count). The molecule has 2 N–H and O–H groups in total. The van der Waals surface area contributed by atoms with Crippen LogP contribution in [0.1, 0.15) is 5.56 Å². The quantitative estimate of drug-likeness (QED) is 0.230. The summed E-state index contributed by atoms with van der Waals surface area (Å²) in [4.78, 5) is 12.4. The Bertz CT molecular complexity index is 1480. The van der Waals surface area contributed by atoms with Crippen LogP contribution in [-0.4, -0.2) is 23.2 Å². The summed E-state index contributed by atoms with van der Waals surface area (Å²) in [6.45, 7) is 0.0142. The van der Waals surface area contributed by atoms with Crippen molar-refractivity contribution in [1.82, 2.24) is 9.99 Å². The molecule has 0 spiro atoms. The van der Waals surface area contributed by atoms with Gasteiger partial charge < -0.3 is 9.88 Å². The number of hydrazone groups is 1. The number of carbonyl (C=O) groups excluding carboxylic acids is 1. The number of hydrogen-bond acceptors (Lipinski definition) is 3. The molecule has 0 saturated carbocycles. The van der Waals surface area contributed by atoms with Crippen molar-refractivity contribution in [2.75, 3.05) is 11.9 Å². The van der Waals surface area contributed by atoms with E-state index in [1.165, 1.54) is 12.1 Å². The van der Waals surface area contributed by atoms with E-state index >= 15 is 0 Å². The largest absolute Gasteiger partial charge is 0.376 e. The zero-order valence-electron chi connectivity index (χ0n) is 18.9. The highest BCUT2D eigenvalue weighted by Crippen LogP contribution is 2.35. The first-order valence-corrected chi connectivity index (χ1v) is 11.3. The van der Waals surface area contributed by atoms with E-state index in [0.717, 1.165) is 33.4 Å². The summed E-state index contributed by atoms with van der Waals surface area (Å²) < 4.78 is 15.3. The number of fused-ring (bicyclic) bond motifs is 1. The molecule has 0 saturated heterocycles. The number of anilines is 1. The first kappa shape index (κ1) is 22.1. The zero-order valence-corrected chi connectivity index (χ0v) is 18.9. The van der Waals surface area contributed by atoms with Crippen LogP contribution in [0.25, 0.3) is 27.8 Å². The molecule has 0 aliphatic carbocycles. The molecular weight excluding hydrogens is 439 g/mol. The van der Waals surface area contributed by atoms with Gasteiger partial charge in [-0.2, -0.15) is 5.10 Å². The highest BCUT2D eigenvalue weighted by Gasteiger charge is 2.18. The van der Waals surface area contributed by atoms with Gasteiger partial charge in [-0.3, -0.25) is 4.79 Å². The van der Waals surface area contributed by atoms with Crippen molar-refractivity contribution in [3.8, 4) is 16.9 Å². The molecule has 1 heterocycles. The van der Waals surface area contributed by atoms with E-state index in [1.54, 1.807) is 18.3 Å². The Hall–Kier alpha value is -4.71. The van der Waals surface area contributed by atoms with Gasteiger partial charge in [0.05, 0.1) is 24.0 Å². The number of amides is 1. The van der Waals surface area contributed by atoms with Crippen molar-refractivity contribution < 1.29 is 9.18 Å². The van der Waals surface area contributed by atoms with Crippen molar-refractivity contribution in [3.05, 3.63) is 121 Å². The second-order valence-corrected chi connectivity index (χ2v) is 7.97. The Kier molecular flexibility index (Phi) is 6.35. The Balaban J connectivity index is 1.48. The topological polar surface area (TPSA) is 58.4 Å². The number of aromatic nitrogens is 1. The number of nitrogens with one attached hydrogen (secondary N) is 2. The number of carbonyl (C=O) groups is 1. The molecule has 0 fully saturated rings. The minimum atomic E-state index is -0.325. The molecule has 35 heavy (non-hydrogen) atoms. The van der Waals surface area contributed by atoms with E-state index in [0.29, 0.717) is 5.69 Å². The van der Waals surface area contributed by atoms with Crippen molar-refractivity contribution in [2.45, 2.75) is 0 Å². The maximum atomic E-state index is 13.1. The minimum absolute atomic E-state index is 0.0142. The molecule has 5 nitrogen and oxygen atoms in total. The lowest BCUT2D eigenvalue weighted by Crippen LogP contribution is -2.25. The summed E-state index contributed by atoms with van der Waals surface area (Å²) >= 11 is 0. The average Bonchev–Trinajstić information content (AvgIpc) is 3.24. The summed E-state index contributed by atoms with van der Waals surface area (Å²) in [6.07, 6.45) is 1.69. The van der Waals surface area contributed by atoms with Crippen LogP contribution in [0.3, 0.4) is 0 Å². The van der Waals surface area contributed by atoms with Crippen LogP contribution < -0.4 is 10.7 Å². The van der Waals surface area contributed by atoms with Gasteiger partial charge in [0.25, 0.3) is 5.91 Å². The third-order valence-electron chi connectivity index (χ3n) is 5.66. The predicted octanol–water partition coefficient (Wildman–Crippen LogP) is 6.00. The number of benzene rings is 4. The van der Waals surface area contributed by atoms with Crippen molar-refractivity contribution in [2.24, 2.45) is 5.10 Å². The van der Waals surface area contributed by atoms with E-state index < -0.39 is 0 Å². The van der Waals surface area contributed by atoms with Crippen LogP contribution in [0.2, 0.25) is 0 Å². The van der Waals surface area contributed by atoms with Gasteiger partial charge in [0.2, 0.25) is 0 Å². The van der Waals surface area contributed by atoms with Gasteiger partial charge in [-0.05, 0) is 48.0 Å². The number of para-hydroxylation sites is 2. The highest BCUT2D eigenvalue weighted by atomic mass is 19.1. The summed E-state index contributed by atoms with van der Waals surface area (Å²) in [7, 11) is 0. The Morgan fingerprint density at radius 2 is 1.49 bits per heavy atom. The van der Waals surface area contributed by atoms with E-state index in [-0.39, 0.29) is 18.3 Å². The van der Waals surface area contributed by atoms with E-state index in [2.05, 4.69) is 56.8 Å². The van der Waals surface area contributed by atoms with Gasteiger partial charge >= 0.3 is 0 Å². The Labute approximate surface area is 202 Å². The number of hydrogen-bond donors (Lipinski definition) is 2. The molecule has 0 atom stereocenters.